The van der Waals surface area contributed by atoms with Crippen molar-refractivity contribution in [3.05, 3.63) is 0 Å². The number of likely N-dealkylation sites (N-methyl/N-ethyl adjacent to an activating group) is 1. The summed E-state index contributed by atoms with van der Waals surface area (Å²) in [7, 11) is 1.62. The number of amides is 1. The Hall–Kier alpha value is -0.650. The van der Waals surface area contributed by atoms with E-state index in [1.807, 2.05) is 11.8 Å². The Bertz CT molecular complexity index is 230. The topological polar surface area (TPSA) is 64.8 Å². The number of hydrogen-bond acceptors (Lipinski definition) is 4. The van der Waals surface area contributed by atoms with Gasteiger partial charge in [-0.3, -0.25) is 4.79 Å². The van der Waals surface area contributed by atoms with Gasteiger partial charge in [0.25, 0.3) is 0 Å². The number of ether oxygens (including phenoxy) is 2. The van der Waals surface area contributed by atoms with Crippen LogP contribution in [0.15, 0.2) is 0 Å². The molecule has 0 aromatic heterocycles. The fraction of sp³-hybridized carbons (Fsp3) is 0.917. The average Bonchev–Trinajstić information content (AvgIpc) is 2.84. The SMILES string of the molecule is CCN(CC1CCOC1)C(=O)C(N)CCOC. The number of carbonyl (C=O) groups excluding carboxylic acids is 1. The summed E-state index contributed by atoms with van der Waals surface area (Å²) in [6, 6.07) is -0.447. The molecule has 1 aliphatic rings. The monoisotopic (exact) mass is 244 g/mol. The highest BCUT2D eigenvalue weighted by molar-refractivity contribution is 5.81. The number of nitrogens with two attached hydrogens (primary N) is 1. The van der Waals surface area contributed by atoms with Crippen molar-refractivity contribution in [2.75, 3.05) is 40.0 Å². The predicted octanol–water partition coefficient (Wildman–Crippen LogP) is 0.235. The van der Waals surface area contributed by atoms with Crippen molar-refractivity contribution in [2.24, 2.45) is 11.7 Å². The second-order valence-electron chi connectivity index (χ2n) is 4.49. The van der Waals surface area contributed by atoms with Crippen molar-refractivity contribution in [2.45, 2.75) is 25.8 Å². The van der Waals surface area contributed by atoms with Crippen molar-refractivity contribution in [1.82, 2.24) is 4.90 Å². The summed E-state index contributed by atoms with van der Waals surface area (Å²) in [5.41, 5.74) is 5.85. The quantitative estimate of drug-likeness (QED) is 0.696. The molecule has 2 atom stereocenters. The Morgan fingerprint density at radius 1 is 1.65 bits per heavy atom. The Morgan fingerprint density at radius 2 is 2.41 bits per heavy atom. The molecule has 0 saturated carbocycles. The van der Waals surface area contributed by atoms with Crippen LogP contribution in [0, 0.1) is 5.92 Å². The predicted molar refractivity (Wildman–Crippen MR) is 65.6 cm³/mol. The molecular weight excluding hydrogens is 220 g/mol. The van der Waals surface area contributed by atoms with Crippen LogP contribution in [-0.4, -0.2) is 56.9 Å². The highest BCUT2D eigenvalue weighted by Gasteiger charge is 2.24. The van der Waals surface area contributed by atoms with Gasteiger partial charge in [-0.25, -0.2) is 0 Å². The second kappa shape index (κ2) is 7.63. The van der Waals surface area contributed by atoms with Crippen molar-refractivity contribution in [3.63, 3.8) is 0 Å². The summed E-state index contributed by atoms with van der Waals surface area (Å²) in [6.45, 7) is 5.54. The summed E-state index contributed by atoms with van der Waals surface area (Å²) in [4.78, 5) is 13.9. The molecule has 1 heterocycles. The highest BCUT2D eigenvalue weighted by atomic mass is 16.5. The van der Waals surface area contributed by atoms with Crippen LogP contribution in [0.2, 0.25) is 0 Å². The van der Waals surface area contributed by atoms with Gasteiger partial charge in [0.05, 0.1) is 12.6 Å². The van der Waals surface area contributed by atoms with E-state index in [-0.39, 0.29) is 5.91 Å². The molecule has 0 aromatic rings. The van der Waals surface area contributed by atoms with Gasteiger partial charge >= 0.3 is 0 Å². The Morgan fingerprint density at radius 3 is 2.94 bits per heavy atom. The lowest BCUT2D eigenvalue weighted by Gasteiger charge is -2.26. The van der Waals surface area contributed by atoms with Crippen molar-refractivity contribution >= 4 is 5.91 Å². The Kier molecular flexibility index (Phi) is 6.47. The standard InChI is InChI=1S/C12H24N2O3/c1-3-14(8-10-4-7-17-9-10)12(15)11(13)5-6-16-2/h10-11H,3-9,13H2,1-2H3. The molecule has 2 N–H and O–H groups in total. The van der Waals surface area contributed by atoms with Crippen LogP contribution in [0.3, 0.4) is 0 Å². The van der Waals surface area contributed by atoms with Crippen LogP contribution in [0.5, 0.6) is 0 Å². The molecule has 0 spiro atoms. The largest absolute Gasteiger partial charge is 0.385 e. The summed E-state index contributed by atoms with van der Waals surface area (Å²) < 4.78 is 10.3. The summed E-state index contributed by atoms with van der Waals surface area (Å²) in [5, 5.41) is 0. The first-order chi connectivity index (χ1) is 8.19. The zero-order valence-corrected chi connectivity index (χ0v) is 10.9. The minimum Gasteiger partial charge on any atom is -0.385 e. The molecule has 0 aromatic carbocycles. The molecule has 5 nitrogen and oxygen atoms in total. The van der Waals surface area contributed by atoms with E-state index in [1.54, 1.807) is 7.11 Å². The molecular formula is C12H24N2O3. The molecule has 0 radical (unpaired) electrons. The van der Waals surface area contributed by atoms with E-state index in [1.165, 1.54) is 0 Å². The van der Waals surface area contributed by atoms with Crippen LogP contribution in [0.25, 0.3) is 0 Å². The van der Waals surface area contributed by atoms with Gasteiger partial charge in [-0.15, -0.1) is 0 Å². The highest BCUT2D eigenvalue weighted by Crippen LogP contribution is 2.14. The maximum Gasteiger partial charge on any atom is 0.239 e. The van der Waals surface area contributed by atoms with Crippen LogP contribution < -0.4 is 5.73 Å². The fourth-order valence-electron chi connectivity index (χ4n) is 2.02. The number of rotatable bonds is 7. The first-order valence-corrected chi connectivity index (χ1v) is 6.30. The third-order valence-electron chi connectivity index (χ3n) is 3.15. The lowest BCUT2D eigenvalue weighted by Crippen LogP contribution is -2.46. The molecule has 1 rings (SSSR count). The van der Waals surface area contributed by atoms with Gasteiger partial charge in [-0.2, -0.15) is 0 Å². The third kappa shape index (κ3) is 4.61. The van der Waals surface area contributed by atoms with Gasteiger partial charge in [0.2, 0.25) is 5.91 Å². The zero-order valence-electron chi connectivity index (χ0n) is 10.9. The molecule has 1 amide bonds. The van der Waals surface area contributed by atoms with E-state index in [9.17, 15) is 4.79 Å². The van der Waals surface area contributed by atoms with Crippen LogP contribution >= 0.6 is 0 Å². The number of hydrogen-bond donors (Lipinski definition) is 1. The van der Waals surface area contributed by atoms with Crippen LogP contribution in [0.1, 0.15) is 19.8 Å². The summed E-state index contributed by atoms with van der Waals surface area (Å²) >= 11 is 0. The van der Waals surface area contributed by atoms with Crippen molar-refractivity contribution in [1.29, 1.82) is 0 Å². The molecule has 100 valence electrons. The maximum atomic E-state index is 12.1. The van der Waals surface area contributed by atoms with Crippen molar-refractivity contribution < 1.29 is 14.3 Å². The number of nitrogens with zero attached hydrogens (tertiary/aromatic N) is 1. The molecule has 1 saturated heterocycles. The van der Waals surface area contributed by atoms with E-state index >= 15 is 0 Å². The first kappa shape index (κ1) is 14.4. The summed E-state index contributed by atoms with van der Waals surface area (Å²) in [6.07, 6.45) is 1.62. The van der Waals surface area contributed by atoms with E-state index in [0.29, 0.717) is 25.5 Å². The summed E-state index contributed by atoms with van der Waals surface area (Å²) in [5.74, 6) is 0.491. The third-order valence-corrected chi connectivity index (χ3v) is 3.15. The lowest BCUT2D eigenvalue weighted by molar-refractivity contribution is -0.133. The maximum absolute atomic E-state index is 12.1. The van der Waals surface area contributed by atoms with E-state index in [4.69, 9.17) is 15.2 Å². The van der Waals surface area contributed by atoms with Gasteiger partial charge in [-0.05, 0) is 19.8 Å². The lowest BCUT2D eigenvalue weighted by atomic mass is 10.1. The van der Waals surface area contributed by atoms with Gasteiger partial charge in [0, 0.05) is 39.3 Å². The molecule has 2 unspecified atom stereocenters. The smallest absolute Gasteiger partial charge is 0.239 e. The first-order valence-electron chi connectivity index (χ1n) is 6.30. The molecule has 0 bridgehead atoms. The van der Waals surface area contributed by atoms with E-state index < -0.39 is 6.04 Å². The van der Waals surface area contributed by atoms with E-state index in [2.05, 4.69) is 0 Å². The number of methoxy groups -OCH3 is 1. The Balaban J connectivity index is 2.39. The molecule has 0 aliphatic carbocycles. The van der Waals surface area contributed by atoms with Gasteiger partial charge < -0.3 is 20.1 Å². The Labute approximate surface area is 103 Å². The van der Waals surface area contributed by atoms with E-state index in [0.717, 1.165) is 26.2 Å². The molecule has 5 heteroatoms. The minimum atomic E-state index is -0.447. The molecule has 1 fully saturated rings. The van der Waals surface area contributed by atoms with Gasteiger partial charge in [0.1, 0.15) is 0 Å². The number of carbonyl (C=O) groups is 1. The van der Waals surface area contributed by atoms with Gasteiger partial charge in [-0.1, -0.05) is 0 Å². The fourth-order valence-corrected chi connectivity index (χ4v) is 2.02. The van der Waals surface area contributed by atoms with Crippen LogP contribution in [-0.2, 0) is 14.3 Å². The molecule has 1 aliphatic heterocycles. The van der Waals surface area contributed by atoms with Gasteiger partial charge in [0.15, 0.2) is 0 Å². The van der Waals surface area contributed by atoms with Crippen LogP contribution in [0.4, 0.5) is 0 Å². The molecule has 17 heavy (non-hydrogen) atoms. The van der Waals surface area contributed by atoms with Crippen molar-refractivity contribution in [3.8, 4) is 0 Å². The average molecular weight is 244 g/mol. The minimum absolute atomic E-state index is 0.0245. The second-order valence-corrected chi connectivity index (χ2v) is 4.49. The zero-order chi connectivity index (χ0) is 12.7. The normalized spacial score (nSPS) is 21.5.